The molecule has 0 spiro atoms. The van der Waals surface area contributed by atoms with E-state index in [1.54, 1.807) is 0 Å². The molecule has 0 fully saturated rings. The summed E-state index contributed by atoms with van der Waals surface area (Å²) < 4.78 is 67.8. The molecule has 17 nitrogen and oxygen atoms in total. The van der Waals surface area contributed by atoms with E-state index in [0.29, 0.717) is 43.4 Å². The summed E-state index contributed by atoms with van der Waals surface area (Å²) in [6.07, 6.45) is 31.1. The molecule has 3 N–H and O–H groups in total. The Morgan fingerprint density at radius 1 is 0.309 bits per heavy atom. The lowest BCUT2D eigenvalue weighted by molar-refractivity contribution is -0.161. The summed E-state index contributed by atoms with van der Waals surface area (Å²) in [7, 11) is -9.88. The van der Waals surface area contributed by atoms with Gasteiger partial charge in [-0.3, -0.25) is 37.3 Å². The first-order chi connectivity index (χ1) is 38.6. The summed E-state index contributed by atoms with van der Waals surface area (Å²) in [5.41, 5.74) is 0. The second-order valence-corrected chi connectivity index (χ2v) is 27.3. The topological polar surface area (TPSA) is 237 Å². The highest BCUT2D eigenvalue weighted by Gasteiger charge is 2.30. The Hall–Kier alpha value is -1.94. The standard InChI is InChI=1S/C62H120O17P2/c1-52(2)38-30-22-14-11-9-10-12-16-28-36-44-61(66)78-57(48-72-59(64)42-34-26-17-13-15-23-31-39-53(3)4)50-76-80(68,69)74-46-56(63)47-75-81(70,71)77-51-58(79-62(67)45-37-29-21-19-25-33-41-55(7)8)49-73-60(65)43-35-27-20-18-24-32-40-54(5)6/h52-58,63H,9-51H2,1-8H3,(H,68,69)(H,70,71)/t56?,57-,58-/m1/s1. The van der Waals surface area contributed by atoms with Crippen molar-refractivity contribution in [1.29, 1.82) is 0 Å². The second-order valence-electron chi connectivity index (χ2n) is 24.3. The lowest BCUT2D eigenvalue weighted by atomic mass is 10.0. The summed E-state index contributed by atoms with van der Waals surface area (Å²) in [6.45, 7) is 13.8. The Morgan fingerprint density at radius 2 is 0.519 bits per heavy atom. The van der Waals surface area contributed by atoms with Crippen molar-refractivity contribution in [2.75, 3.05) is 39.6 Å². The molecule has 0 heterocycles. The highest BCUT2D eigenvalue weighted by atomic mass is 31.2. The summed E-state index contributed by atoms with van der Waals surface area (Å²) in [6, 6.07) is 0. The molecule has 0 aromatic carbocycles. The van der Waals surface area contributed by atoms with E-state index in [0.717, 1.165) is 109 Å². The molecular weight excluding hydrogens is 1080 g/mol. The lowest BCUT2D eigenvalue weighted by Gasteiger charge is -2.21. The number of rotatable bonds is 59. The predicted molar refractivity (Wildman–Crippen MR) is 321 cm³/mol. The zero-order valence-electron chi connectivity index (χ0n) is 52.4. The number of hydrogen-bond acceptors (Lipinski definition) is 15. The first-order valence-electron chi connectivity index (χ1n) is 32.2. The molecule has 0 aliphatic heterocycles. The van der Waals surface area contributed by atoms with Gasteiger partial charge in [-0.1, -0.05) is 242 Å². The predicted octanol–water partition coefficient (Wildman–Crippen LogP) is 16.6. The lowest BCUT2D eigenvalue weighted by Crippen LogP contribution is -2.30. The van der Waals surface area contributed by atoms with Crippen LogP contribution < -0.4 is 0 Å². The number of aliphatic hydroxyl groups excluding tert-OH is 1. The Bertz CT molecular complexity index is 1630. The van der Waals surface area contributed by atoms with Crippen LogP contribution >= 0.6 is 15.6 Å². The van der Waals surface area contributed by atoms with E-state index >= 15 is 0 Å². The molecule has 0 aromatic rings. The molecule has 19 heteroatoms. The highest BCUT2D eigenvalue weighted by molar-refractivity contribution is 7.47. The van der Waals surface area contributed by atoms with E-state index in [9.17, 15) is 43.2 Å². The number of unbranched alkanes of at least 4 members (excludes halogenated alkanes) is 25. The number of carbonyl (C=O) groups excluding carboxylic acids is 4. The first-order valence-corrected chi connectivity index (χ1v) is 35.2. The van der Waals surface area contributed by atoms with Crippen LogP contribution in [0.3, 0.4) is 0 Å². The van der Waals surface area contributed by atoms with E-state index in [-0.39, 0.29) is 25.7 Å². The largest absolute Gasteiger partial charge is 0.472 e. The Balaban J connectivity index is 5.24. The number of aliphatic hydroxyl groups is 1. The maximum Gasteiger partial charge on any atom is 0.472 e. The Labute approximate surface area is 492 Å². The molecule has 0 aromatic heterocycles. The third kappa shape index (κ3) is 56.9. The van der Waals surface area contributed by atoms with Crippen LogP contribution in [0.15, 0.2) is 0 Å². The number of esters is 4. The van der Waals surface area contributed by atoms with Crippen molar-refractivity contribution in [3.05, 3.63) is 0 Å². The van der Waals surface area contributed by atoms with Crippen molar-refractivity contribution in [3.63, 3.8) is 0 Å². The average Bonchev–Trinajstić information content (AvgIpc) is 3.40. The molecule has 5 atom stereocenters. The molecule has 0 rings (SSSR count). The minimum atomic E-state index is -4.94. The van der Waals surface area contributed by atoms with Gasteiger partial charge in [-0.25, -0.2) is 9.13 Å². The average molecular weight is 1200 g/mol. The zero-order valence-corrected chi connectivity index (χ0v) is 54.2. The van der Waals surface area contributed by atoms with Gasteiger partial charge in [-0.15, -0.1) is 0 Å². The van der Waals surface area contributed by atoms with Crippen LogP contribution in [0.4, 0.5) is 0 Å². The van der Waals surface area contributed by atoms with Gasteiger partial charge in [-0.2, -0.15) is 0 Å². The fourth-order valence-corrected chi connectivity index (χ4v) is 10.7. The van der Waals surface area contributed by atoms with Crippen molar-refractivity contribution >= 4 is 39.5 Å². The van der Waals surface area contributed by atoms with E-state index in [2.05, 4.69) is 55.4 Å². The fourth-order valence-electron chi connectivity index (χ4n) is 9.08. The number of ether oxygens (including phenoxy) is 4. The van der Waals surface area contributed by atoms with Crippen LogP contribution in [0.1, 0.15) is 293 Å². The van der Waals surface area contributed by atoms with E-state index in [4.69, 9.17) is 37.0 Å². The van der Waals surface area contributed by atoms with Gasteiger partial charge in [0, 0.05) is 25.7 Å². The van der Waals surface area contributed by atoms with Crippen LogP contribution in [-0.2, 0) is 65.4 Å². The van der Waals surface area contributed by atoms with Gasteiger partial charge in [0.25, 0.3) is 0 Å². The van der Waals surface area contributed by atoms with Crippen LogP contribution in [0.25, 0.3) is 0 Å². The Kier molecular flexibility index (Phi) is 51.1. The third-order valence-electron chi connectivity index (χ3n) is 14.1. The van der Waals surface area contributed by atoms with Crippen molar-refractivity contribution < 1.29 is 80.2 Å². The molecule has 0 saturated carbocycles. The van der Waals surface area contributed by atoms with E-state index in [1.807, 2.05) is 0 Å². The van der Waals surface area contributed by atoms with Crippen molar-refractivity contribution in [3.8, 4) is 0 Å². The van der Waals surface area contributed by atoms with E-state index < -0.39 is 97.5 Å². The van der Waals surface area contributed by atoms with Crippen molar-refractivity contribution in [2.24, 2.45) is 23.7 Å². The molecule has 0 bridgehead atoms. The minimum absolute atomic E-state index is 0.100. The number of phosphoric ester groups is 2. The molecule has 0 radical (unpaired) electrons. The fraction of sp³-hybridized carbons (Fsp3) is 0.935. The molecule has 0 aliphatic carbocycles. The van der Waals surface area contributed by atoms with Crippen LogP contribution in [0, 0.1) is 23.7 Å². The minimum Gasteiger partial charge on any atom is -0.462 e. The van der Waals surface area contributed by atoms with Crippen LogP contribution in [0.5, 0.6) is 0 Å². The van der Waals surface area contributed by atoms with Gasteiger partial charge < -0.3 is 33.8 Å². The number of carbonyl (C=O) groups is 4. The van der Waals surface area contributed by atoms with Crippen molar-refractivity contribution in [2.45, 2.75) is 311 Å². The van der Waals surface area contributed by atoms with Crippen molar-refractivity contribution in [1.82, 2.24) is 0 Å². The summed E-state index contributed by atoms with van der Waals surface area (Å²) in [5, 5.41) is 10.5. The molecule has 0 amide bonds. The SMILES string of the molecule is CC(C)CCCCCCCCCCCCC(=O)O[C@H](COC(=O)CCCCCCCCCC(C)C)COP(=O)(O)OCC(O)COP(=O)(O)OC[C@@H](COC(=O)CCCCCCCCC(C)C)OC(=O)CCCCCCCCC(C)C. The van der Waals surface area contributed by atoms with Gasteiger partial charge in [0.1, 0.15) is 19.3 Å². The maximum atomic E-state index is 12.9. The smallest absolute Gasteiger partial charge is 0.462 e. The zero-order chi connectivity index (χ0) is 60.4. The molecular formula is C62H120O17P2. The van der Waals surface area contributed by atoms with Gasteiger partial charge in [0.2, 0.25) is 0 Å². The normalized spacial score (nSPS) is 14.5. The van der Waals surface area contributed by atoms with Gasteiger partial charge in [0.15, 0.2) is 12.2 Å². The van der Waals surface area contributed by atoms with Gasteiger partial charge in [-0.05, 0) is 49.4 Å². The van der Waals surface area contributed by atoms with Crippen LogP contribution in [0.2, 0.25) is 0 Å². The summed E-state index contributed by atoms with van der Waals surface area (Å²) in [4.78, 5) is 72.0. The van der Waals surface area contributed by atoms with E-state index in [1.165, 1.54) is 83.5 Å². The molecule has 0 aliphatic rings. The third-order valence-corrected chi connectivity index (χ3v) is 16.0. The second kappa shape index (κ2) is 52.4. The van der Waals surface area contributed by atoms with Gasteiger partial charge in [0.05, 0.1) is 26.4 Å². The molecule has 81 heavy (non-hydrogen) atoms. The number of hydrogen-bond donors (Lipinski definition) is 3. The summed E-state index contributed by atoms with van der Waals surface area (Å²) in [5.74, 6) is 0.658. The van der Waals surface area contributed by atoms with Gasteiger partial charge >= 0.3 is 39.5 Å². The molecule has 480 valence electrons. The highest BCUT2D eigenvalue weighted by Crippen LogP contribution is 2.45. The Morgan fingerprint density at radius 3 is 0.765 bits per heavy atom. The maximum absolute atomic E-state index is 12.9. The quantitative estimate of drug-likeness (QED) is 0.0222. The molecule has 3 unspecified atom stereocenters. The molecule has 0 saturated heterocycles. The first kappa shape index (κ1) is 79.1. The monoisotopic (exact) mass is 1200 g/mol. The number of phosphoric acid groups is 2. The van der Waals surface area contributed by atoms with Crippen LogP contribution in [-0.4, -0.2) is 96.7 Å². The summed E-state index contributed by atoms with van der Waals surface area (Å²) >= 11 is 0.